The quantitative estimate of drug-likeness (QED) is 0.672. The van der Waals surface area contributed by atoms with Gasteiger partial charge in [-0.3, -0.25) is 14.7 Å². The van der Waals surface area contributed by atoms with E-state index >= 15 is 0 Å². The highest BCUT2D eigenvalue weighted by molar-refractivity contribution is 6.04. The first kappa shape index (κ1) is 8.87. The number of aromatic nitrogens is 1. The molecule has 72 valence electrons. The Morgan fingerprint density at radius 2 is 2.43 bits per heavy atom. The number of fused-ring (bicyclic) bond motifs is 1. The monoisotopic (exact) mass is 189 g/mol. The molecule has 2 heterocycles. The first-order chi connectivity index (χ1) is 6.83. The predicted molar refractivity (Wildman–Crippen MR) is 55.0 cm³/mol. The summed E-state index contributed by atoms with van der Waals surface area (Å²) in [5.41, 5.74) is 0.764. The molecule has 0 saturated heterocycles. The number of carbonyl (C=O) groups excluding carboxylic acids is 1. The van der Waals surface area contributed by atoms with Crippen molar-refractivity contribution < 1.29 is 4.79 Å². The summed E-state index contributed by atoms with van der Waals surface area (Å²) in [6, 6.07) is 3.68. The van der Waals surface area contributed by atoms with Crippen molar-refractivity contribution in [2.75, 3.05) is 11.4 Å². The van der Waals surface area contributed by atoms with Gasteiger partial charge in [0.15, 0.2) is 5.82 Å². The van der Waals surface area contributed by atoms with Gasteiger partial charge >= 0.3 is 0 Å². The standard InChI is InChI=1S/C10H11N3O/c1-2-13-9(14)5-7-11-8-4-3-6-12-10(8)13/h3-4,6-7H,2,5H2,1H3. The molecule has 1 aliphatic heterocycles. The van der Waals surface area contributed by atoms with Crippen molar-refractivity contribution in [1.82, 2.24) is 4.98 Å². The van der Waals surface area contributed by atoms with Gasteiger partial charge in [-0.15, -0.1) is 0 Å². The summed E-state index contributed by atoms with van der Waals surface area (Å²) in [6.45, 7) is 2.56. The van der Waals surface area contributed by atoms with Crippen LogP contribution in [0.3, 0.4) is 0 Å². The number of aliphatic imine (C=N–C) groups is 1. The number of pyridine rings is 1. The van der Waals surface area contributed by atoms with E-state index in [9.17, 15) is 4.79 Å². The lowest BCUT2D eigenvalue weighted by Crippen LogP contribution is -2.30. The Balaban J connectivity index is 2.51. The van der Waals surface area contributed by atoms with Crippen molar-refractivity contribution >= 4 is 23.6 Å². The van der Waals surface area contributed by atoms with Gasteiger partial charge in [-0.05, 0) is 19.1 Å². The molecule has 0 atom stereocenters. The van der Waals surface area contributed by atoms with Gasteiger partial charge in [0.05, 0.1) is 6.42 Å². The Bertz CT molecular complexity index is 387. The van der Waals surface area contributed by atoms with Crippen molar-refractivity contribution in [3.05, 3.63) is 18.3 Å². The summed E-state index contributed by atoms with van der Waals surface area (Å²) in [5, 5.41) is 0. The van der Waals surface area contributed by atoms with Gasteiger partial charge in [0.2, 0.25) is 5.91 Å². The predicted octanol–water partition coefficient (Wildman–Crippen LogP) is 1.54. The third kappa shape index (κ3) is 1.39. The normalized spacial score (nSPS) is 15.2. The van der Waals surface area contributed by atoms with Gasteiger partial charge in [-0.2, -0.15) is 0 Å². The fourth-order valence-corrected chi connectivity index (χ4v) is 1.47. The van der Waals surface area contributed by atoms with Crippen molar-refractivity contribution in [2.24, 2.45) is 4.99 Å². The Morgan fingerprint density at radius 1 is 1.57 bits per heavy atom. The average Bonchev–Trinajstić information content (AvgIpc) is 2.36. The molecule has 0 aromatic carbocycles. The van der Waals surface area contributed by atoms with Crippen LogP contribution in [0.4, 0.5) is 11.5 Å². The number of nitrogens with zero attached hydrogens (tertiary/aromatic N) is 3. The molecule has 0 spiro atoms. The Hall–Kier alpha value is -1.71. The van der Waals surface area contributed by atoms with Gasteiger partial charge in [0.25, 0.3) is 0 Å². The van der Waals surface area contributed by atoms with E-state index in [4.69, 9.17) is 0 Å². The second-order valence-corrected chi connectivity index (χ2v) is 3.00. The third-order valence-corrected chi connectivity index (χ3v) is 2.14. The average molecular weight is 189 g/mol. The number of amides is 1. The third-order valence-electron chi connectivity index (χ3n) is 2.14. The highest BCUT2D eigenvalue weighted by Crippen LogP contribution is 2.27. The second-order valence-electron chi connectivity index (χ2n) is 3.00. The summed E-state index contributed by atoms with van der Waals surface area (Å²) < 4.78 is 0. The van der Waals surface area contributed by atoms with Crippen LogP contribution in [0.15, 0.2) is 23.3 Å². The SMILES string of the molecule is CCN1C(=O)CC=Nc2cccnc21. The molecule has 0 bridgehead atoms. The van der Waals surface area contributed by atoms with Crippen molar-refractivity contribution in [3.8, 4) is 0 Å². The molecule has 2 rings (SSSR count). The fourth-order valence-electron chi connectivity index (χ4n) is 1.47. The molecule has 0 N–H and O–H groups in total. The molecule has 0 aliphatic carbocycles. The highest BCUT2D eigenvalue weighted by Gasteiger charge is 2.19. The van der Waals surface area contributed by atoms with E-state index in [1.54, 1.807) is 17.3 Å². The lowest BCUT2D eigenvalue weighted by Gasteiger charge is -2.18. The fraction of sp³-hybridized carbons (Fsp3) is 0.300. The first-order valence-corrected chi connectivity index (χ1v) is 4.61. The zero-order valence-electron chi connectivity index (χ0n) is 7.97. The minimum absolute atomic E-state index is 0.0497. The maximum absolute atomic E-state index is 11.6. The van der Waals surface area contributed by atoms with E-state index in [2.05, 4.69) is 9.98 Å². The van der Waals surface area contributed by atoms with Crippen LogP contribution in [0.2, 0.25) is 0 Å². The van der Waals surface area contributed by atoms with Crippen LogP contribution < -0.4 is 4.90 Å². The van der Waals surface area contributed by atoms with Crippen LogP contribution in [0, 0.1) is 0 Å². The van der Waals surface area contributed by atoms with Crippen LogP contribution in [-0.2, 0) is 4.79 Å². The smallest absolute Gasteiger partial charge is 0.233 e. The lowest BCUT2D eigenvalue weighted by molar-refractivity contribution is -0.117. The number of hydrogen-bond donors (Lipinski definition) is 0. The maximum Gasteiger partial charge on any atom is 0.233 e. The zero-order valence-corrected chi connectivity index (χ0v) is 7.97. The molecule has 0 unspecified atom stereocenters. The Kier molecular flexibility index (Phi) is 2.26. The van der Waals surface area contributed by atoms with Crippen molar-refractivity contribution in [2.45, 2.75) is 13.3 Å². The van der Waals surface area contributed by atoms with Gasteiger partial charge in [0, 0.05) is 19.0 Å². The molecule has 0 saturated carbocycles. The lowest BCUT2D eigenvalue weighted by atomic mass is 10.3. The van der Waals surface area contributed by atoms with Crippen LogP contribution in [0.25, 0.3) is 0 Å². The van der Waals surface area contributed by atoms with E-state index in [0.29, 0.717) is 18.8 Å². The summed E-state index contributed by atoms with van der Waals surface area (Å²) in [4.78, 5) is 21.6. The van der Waals surface area contributed by atoms with E-state index in [0.717, 1.165) is 5.69 Å². The molecular formula is C10H11N3O. The largest absolute Gasteiger partial charge is 0.295 e. The zero-order chi connectivity index (χ0) is 9.97. The molecule has 0 radical (unpaired) electrons. The van der Waals surface area contributed by atoms with Crippen LogP contribution in [-0.4, -0.2) is 23.7 Å². The molecule has 1 amide bonds. The molecule has 1 aromatic rings. The molecule has 4 nitrogen and oxygen atoms in total. The van der Waals surface area contributed by atoms with Crippen LogP contribution in [0.5, 0.6) is 0 Å². The molecule has 1 aromatic heterocycles. The Labute approximate surface area is 82.3 Å². The maximum atomic E-state index is 11.6. The van der Waals surface area contributed by atoms with E-state index in [1.165, 1.54) is 0 Å². The molecular weight excluding hydrogens is 178 g/mol. The summed E-state index contributed by atoms with van der Waals surface area (Å²) in [5.74, 6) is 0.711. The van der Waals surface area contributed by atoms with Crippen LogP contribution >= 0.6 is 0 Å². The van der Waals surface area contributed by atoms with Gasteiger partial charge in [-0.25, -0.2) is 4.98 Å². The summed E-state index contributed by atoms with van der Waals surface area (Å²) >= 11 is 0. The number of rotatable bonds is 1. The minimum atomic E-state index is 0.0497. The van der Waals surface area contributed by atoms with E-state index in [1.807, 2.05) is 19.1 Å². The van der Waals surface area contributed by atoms with Crippen LogP contribution in [0.1, 0.15) is 13.3 Å². The molecule has 0 fully saturated rings. The van der Waals surface area contributed by atoms with E-state index in [-0.39, 0.29) is 5.91 Å². The molecule has 4 heteroatoms. The number of hydrogen-bond acceptors (Lipinski definition) is 3. The molecule has 14 heavy (non-hydrogen) atoms. The first-order valence-electron chi connectivity index (χ1n) is 4.61. The highest BCUT2D eigenvalue weighted by atomic mass is 16.2. The second kappa shape index (κ2) is 3.57. The summed E-state index contributed by atoms with van der Waals surface area (Å²) in [7, 11) is 0. The van der Waals surface area contributed by atoms with Crippen molar-refractivity contribution in [3.63, 3.8) is 0 Å². The van der Waals surface area contributed by atoms with Gasteiger partial charge in [-0.1, -0.05) is 0 Å². The number of anilines is 1. The molecule has 1 aliphatic rings. The topological polar surface area (TPSA) is 45.6 Å². The van der Waals surface area contributed by atoms with Crippen molar-refractivity contribution in [1.29, 1.82) is 0 Å². The minimum Gasteiger partial charge on any atom is -0.295 e. The van der Waals surface area contributed by atoms with E-state index < -0.39 is 0 Å². The summed E-state index contributed by atoms with van der Waals surface area (Å²) in [6.07, 6.45) is 3.66. The Morgan fingerprint density at radius 3 is 3.21 bits per heavy atom. The van der Waals surface area contributed by atoms with Gasteiger partial charge < -0.3 is 0 Å². The van der Waals surface area contributed by atoms with Gasteiger partial charge in [0.1, 0.15) is 5.69 Å². The number of carbonyl (C=O) groups is 1.